The molecular weight excluding hydrogens is 586 g/mol. The molecule has 0 radical (unpaired) electrons. The smallest absolute Gasteiger partial charge is 0.272 e. The van der Waals surface area contributed by atoms with Gasteiger partial charge in [-0.2, -0.15) is 0 Å². The van der Waals surface area contributed by atoms with E-state index in [2.05, 4.69) is 14.9 Å². The summed E-state index contributed by atoms with van der Waals surface area (Å²) >= 11 is 6.06. The first-order valence-corrected chi connectivity index (χ1v) is 17.9. The van der Waals surface area contributed by atoms with Crippen LogP contribution in [0.3, 0.4) is 0 Å². The summed E-state index contributed by atoms with van der Waals surface area (Å²) in [5, 5.41) is 0.734. The molecule has 0 N–H and O–H groups in total. The third-order valence-electron chi connectivity index (χ3n) is 9.77. The molecule has 2 aromatic rings. The molecule has 1 amide bonds. The van der Waals surface area contributed by atoms with Crippen LogP contribution in [0, 0.1) is 6.92 Å². The highest BCUT2D eigenvalue weighted by atomic mass is 35.5. The normalized spacial score (nSPS) is 23.1. The van der Waals surface area contributed by atoms with Crippen molar-refractivity contribution in [3.63, 3.8) is 0 Å². The van der Waals surface area contributed by atoms with Gasteiger partial charge in [0.2, 0.25) is 10.0 Å². The van der Waals surface area contributed by atoms with E-state index < -0.39 is 10.0 Å². The Kier molecular flexibility index (Phi) is 10.8. The number of nitrogens with zero attached hydrogens (tertiary/aromatic N) is 5. The van der Waals surface area contributed by atoms with E-state index in [-0.39, 0.29) is 29.9 Å². The highest BCUT2D eigenvalue weighted by Crippen LogP contribution is 2.33. The van der Waals surface area contributed by atoms with Crippen molar-refractivity contribution in [1.29, 1.82) is 0 Å². The summed E-state index contributed by atoms with van der Waals surface area (Å²) in [6.45, 7) is 6.86. The van der Waals surface area contributed by atoms with Crippen LogP contribution in [0.1, 0.15) is 91.7 Å². The number of hydrogen-bond donors (Lipinski definition) is 0. The number of sulfonamides is 1. The van der Waals surface area contributed by atoms with E-state index in [0.29, 0.717) is 24.8 Å². The van der Waals surface area contributed by atoms with E-state index in [4.69, 9.17) is 16.3 Å². The molecule has 1 aromatic carbocycles. The van der Waals surface area contributed by atoms with Crippen molar-refractivity contribution in [3.8, 4) is 0 Å². The Bertz CT molecular complexity index is 1340. The van der Waals surface area contributed by atoms with Crippen LogP contribution in [0.2, 0.25) is 5.02 Å². The van der Waals surface area contributed by atoms with E-state index in [1.54, 1.807) is 18.3 Å². The fourth-order valence-electron chi connectivity index (χ4n) is 6.92. The van der Waals surface area contributed by atoms with Gasteiger partial charge in [-0.1, -0.05) is 23.7 Å². The number of aromatic nitrogens is 2. The summed E-state index contributed by atoms with van der Waals surface area (Å²) < 4.78 is 32.6. The molecule has 3 saturated heterocycles. The van der Waals surface area contributed by atoms with E-state index in [9.17, 15) is 13.2 Å². The van der Waals surface area contributed by atoms with Crippen molar-refractivity contribution in [3.05, 3.63) is 58.1 Å². The van der Waals surface area contributed by atoms with E-state index in [1.165, 1.54) is 11.9 Å². The van der Waals surface area contributed by atoms with Gasteiger partial charge in [0.05, 0.1) is 18.0 Å². The highest BCUT2D eigenvalue weighted by molar-refractivity contribution is 7.89. The lowest BCUT2D eigenvalue weighted by molar-refractivity contribution is -0.0547. The first kappa shape index (κ1) is 32.3. The molecule has 43 heavy (non-hydrogen) atoms. The van der Waals surface area contributed by atoms with E-state index in [1.807, 2.05) is 36.1 Å². The SMILES string of the molecule is CCS(=O)(=O)N(C)C1CCN(C2CCN(C(=O)c3ncnc(CC[C@H]4CCC[C@@H](c5ccc(Cl)cc5)O4)c3C)CC2)CC1. The van der Waals surface area contributed by atoms with Gasteiger partial charge in [0.1, 0.15) is 12.0 Å². The van der Waals surface area contributed by atoms with Crippen molar-refractivity contribution >= 4 is 27.5 Å². The molecule has 11 heteroatoms. The second kappa shape index (κ2) is 14.3. The number of benzene rings is 1. The van der Waals surface area contributed by atoms with E-state index >= 15 is 0 Å². The first-order valence-electron chi connectivity index (χ1n) is 15.9. The molecule has 0 spiro atoms. The summed E-state index contributed by atoms with van der Waals surface area (Å²) in [4.78, 5) is 26.9. The van der Waals surface area contributed by atoms with Gasteiger partial charge in [-0.05, 0) is 102 Å². The van der Waals surface area contributed by atoms with Crippen LogP contribution in [0.15, 0.2) is 30.6 Å². The molecule has 0 saturated carbocycles. The van der Waals surface area contributed by atoms with Crippen molar-refractivity contribution in [2.24, 2.45) is 0 Å². The van der Waals surface area contributed by atoms with Gasteiger partial charge in [-0.3, -0.25) is 4.79 Å². The molecule has 3 fully saturated rings. The topological polar surface area (TPSA) is 95.9 Å². The Labute approximate surface area is 262 Å². The minimum absolute atomic E-state index is 0.0126. The second-order valence-corrected chi connectivity index (χ2v) is 15.0. The fourth-order valence-corrected chi connectivity index (χ4v) is 8.11. The number of halogens is 1. The summed E-state index contributed by atoms with van der Waals surface area (Å²) in [6, 6.07) is 8.44. The van der Waals surface area contributed by atoms with Gasteiger partial charge in [0.15, 0.2) is 0 Å². The third-order valence-corrected chi connectivity index (χ3v) is 11.9. The lowest BCUT2D eigenvalue weighted by Crippen LogP contribution is -2.52. The number of ether oxygens (including phenoxy) is 1. The van der Waals surface area contributed by atoms with Gasteiger partial charge in [0, 0.05) is 48.5 Å². The molecule has 3 aliphatic heterocycles. The monoisotopic (exact) mass is 631 g/mol. The number of carbonyl (C=O) groups excluding carboxylic acids is 1. The molecule has 0 unspecified atom stereocenters. The molecule has 9 nitrogen and oxygen atoms in total. The lowest BCUT2D eigenvalue weighted by atomic mass is 9.95. The molecule has 0 bridgehead atoms. The average Bonchev–Trinajstić information content (AvgIpc) is 3.04. The van der Waals surface area contributed by atoms with Crippen molar-refractivity contribution in [1.82, 2.24) is 24.1 Å². The fraction of sp³-hybridized carbons (Fsp3) is 0.656. The third kappa shape index (κ3) is 7.76. The minimum atomic E-state index is -3.16. The predicted octanol–water partition coefficient (Wildman–Crippen LogP) is 5.03. The Morgan fingerprint density at radius 2 is 1.72 bits per heavy atom. The molecule has 3 aliphatic rings. The number of amides is 1. The van der Waals surface area contributed by atoms with Gasteiger partial charge >= 0.3 is 0 Å². The number of piperidine rings is 2. The Morgan fingerprint density at radius 1 is 1.02 bits per heavy atom. The zero-order valence-corrected chi connectivity index (χ0v) is 27.3. The molecule has 5 rings (SSSR count). The van der Waals surface area contributed by atoms with Crippen LogP contribution < -0.4 is 0 Å². The number of likely N-dealkylation sites (tertiary alicyclic amines) is 2. The summed E-state index contributed by atoms with van der Waals surface area (Å²) in [5.41, 5.74) is 3.47. The summed E-state index contributed by atoms with van der Waals surface area (Å²) in [7, 11) is -1.45. The van der Waals surface area contributed by atoms with Crippen LogP contribution in [-0.4, -0.2) is 95.6 Å². The van der Waals surface area contributed by atoms with Gasteiger partial charge < -0.3 is 14.5 Å². The standard InChI is InChI=1S/C32H46ClN5O4S/c1-4-43(40,41)36(3)26-14-18-37(19-15-26)27-16-20-38(21-17-27)32(39)31-23(2)29(34-22-35-31)13-12-28-6-5-7-30(42-28)24-8-10-25(33)11-9-24/h8-11,22,26-28,30H,4-7,12-21H2,1-3H3/t28-,30+/m1/s1. The quantitative estimate of drug-likeness (QED) is 0.383. The van der Waals surface area contributed by atoms with Crippen LogP contribution in [0.4, 0.5) is 0 Å². The second-order valence-electron chi connectivity index (χ2n) is 12.3. The molecular formula is C32H46ClN5O4S. The molecule has 2 atom stereocenters. The zero-order chi connectivity index (χ0) is 30.6. The van der Waals surface area contributed by atoms with Crippen molar-refractivity contribution < 1.29 is 17.9 Å². The maximum atomic E-state index is 13.6. The lowest BCUT2D eigenvalue weighted by Gasteiger charge is -2.43. The molecule has 1 aromatic heterocycles. The first-order chi connectivity index (χ1) is 20.7. The minimum Gasteiger partial charge on any atom is -0.370 e. The van der Waals surface area contributed by atoms with Crippen LogP contribution in [-0.2, 0) is 21.2 Å². The maximum absolute atomic E-state index is 13.6. The highest BCUT2D eigenvalue weighted by Gasteiger charge is 2.34. The Morgan fingerprint density at radius 3 is 2.40 bits per heavy atom. The molecule has 0 aliphatic carbocycles. The van der Waals surface area contributed by atoms with Crippen molar-refractivity contribution in [2.75, 3.05) is 39.0 Å². The Hall–Kier alpha value is -2.11. The maximum Gasteiger partial charge on any atom is 0.272 e. The molecule has 4 heterocycles. The van der Waals surface area contributed by atoms with Gasteiger partial charge in [-0.25, -0.2) is 22.7 Å². The van der Waals surface area contributed by atoms with Crippen LogP contribution in [0.25, 0.3) is 0 Å². The number of rotatable bonds is 9. The van der Waals surface area contributed by atoms with Gasteiger partial charge in [0.25, 0.3) is 5.91 Å². The summed E-state index contributed by atoms with van der Waals surface area (Å²) in [5.74, 6) is 0.130. The largest absolute Gasteiger partial charge is 0.370 e. The van der Waals surface area contributed by atoms with Crippen molar-refractivity contribution in [2.45, 2.75) is 95.9 Å². The molecule has 236 valence electrons. The zero-order valence-electron chi connectivity index (χ0n) is 25.8. The van der Waals surface area contributed by atoms with Crippen LogP contribution in [0.5, 0.6) is 0 Å². The summed E-state index contributed by atoms with van der Waals surface area (Å²) in [6.07, 6.45) is 10.1. The predicted molar refractivity (Wildman–Crippen MR) is 169 cm³/mol. The van der Waals surface area contributed by atoms with Gasteiger partial charge in [-0.15, -0.1) is 0 Å². The number of hydrogen-bond acceptors (Lipinski definition) is 7. The average molecular weight is 632 g/mol. The Balaban J connectivity index is 1.11. The number of carbonyl (C=O) groups is 1. The number of aryl methyl sites for hydroxylation is 1. The van der Waals surface area contributed by atoms with E-state index in [0.717, 1.165) is 87.2 Å². The van der Waals surface area contributed by atoms with Crippen LogP contribution >= 0.6 is 11.6 Å².